The summed E-state index contributed by atoms with van der Waals surface area (Å²) in [6.45, 7) is 4.41. The molecule has 1 N–H and O–H groups in total. The normalized spacial score (nSPS) is 10.1. The van der Waals surface area contributed by atoms with Crippen molar-refractivity contribution in [2.45, 2.75) is 18.7 Å². The van der Waals surface area contributed by atoms with E-state index in [0.717, 1.165) is 4.90 Å². The van der Waals surface area contributed by atoms with Crippen molar-refractivity contribution >= 4 is 29.3 Å². The van der Waals surface area contributed by atoms with E-state index in [-0.39, 0.29) is 12.4 Å². The van der Waals surface area contributed by atoms with Crippen molar-refractivity contribution < 1.29 is 23.8 Å². The lowest BCUT2D eigenvalue weighted by Gasteiger charge is -2.13. The van der Waals surface area contributed by atoms with Crippen molar-refractivity contribution in [2.75, 3.05) is 30.9 Å². The number of anilines is 1. The molecule has 27 heavy (non-hydrogen) atoms. The Bertz CT molecular complexity index is 751. The fourth-order valence-electron chi connectivity index (χ4n) is 2.17. The molecule has 2 rings (SSSR count). The van der Waals surface area contributed by atoms with Gasteiger partial charge in [-0.2, -0.15) is 0 Å². The molecule has 0 aromatic heterocycles. The van der Waals surface area contributed by atoms with E-state index in [0.29, 0.717) is 30.4 Å². The lowest BCUT2D eigenvalue weighted by atomic mass is 10.2. The van der Waals surface area contributed by atoms with Crippen molar-refractivity contribution in [3.05, 3.63) is 48.5 Å². The minimum atomic E-state index is -0.444. The molecule has 0 spiro atoms. The summed E-state index contributed by atoms with van der Waals surface area (Å²) in [5.74, 6) is 0.449. The second kappa shape index (κ2) is 11.1. The molecule has 0 fully saturated rings. The van der Waals surface area contributed by atoms with Crippen LogP contribution in [0.4, 0.5) is 5.69 Å². The fourth-order valence-corrected chi connectivity index (χ4v) is 2.89. The first-order valence-electron chi connectivity index (χ1n) is 8.65. The van der Waals surface area contributed by atoms with Crippen LogP contribution in [0.15, 0.2) is 53.4 Å². The van der Waals surface area contributed by atoms with Crippen LogP contribution in [0.2, 0.25) is 0 Å². The zero-order valence-corrected chi connectivity index (χ0v) is 16.2. The maximum atomic E-state index is 12.0. The highest BCUT2D eigenvalue weighted by Gasteiger charge is 2.11. The Balaban J connectivity index is 1.80. The first-order chi connectivity index (χ1) is 13.1. The summed E-state index contributed by atoms with van der Waals surface area (Å²) in [6.07, 6.45) is 0. The van der Waals surface area contributed by atoms with Gasteiger partial charge in [0.05, 0.1) is 19.0 Å². The highest BCUT2D eigenvalue weighted by Crippen LogP contribution is 2.30. The summed E-state index contributed by atoms with van der Waals surface area (Å²) < 4.78 is 16.0. The molecule has 0 saturated heterocycles. The predicted octanol–water partition coefficient (Wildman–Crippen LogP) is 3.76. The number of amides is 1. The van der Waals surface area contributed by atoms with Crippen LogP contribution in [0, 0.1) is 0 Å². The van der Waals surface area contributed by atoms with Crippen LogP contribution in [0.3, 0.4) is 0 Å². The third kappa shape index (κ3) is 7.22. The molecular weight excluding hydrogens is 366 g/mol. The molecule has 0 unspecified atom stereocenters. The highest BCUT2D eigenvalue weighted by atomic mass is 32.2. The van der Waals surface area contributed by atoms with Crippen LogP contribution in [0.1, 0.15) is 13.8 Å². The van der Waals surface area contributed by atoms with Crippen LogP contribution < -0.4 is 14.8 Å². The number of carbonyl (C=O) groups excluding carboxylic acids is 2. The van der Waals surface area contributed by atoms with Gasteiger partial charge >= 0.3 is 5.97 Å². The largest absolute Gasteiger partial charge is 0.490 e. The molecule has 2 aromatic rings. The van der Waals surface area contributed by atoms with Gasteiger partial charge in [-0.05, 0) is 38.1 Å². The molecule has 0 atom stereocenters. The number of rotatable bonds is 10. The average Bonchev–Trinajstić information content (AvgIpc) is 2.68. The summed E-state index contributed by atoms with van der Waals surface area (Å²) in [7, 11) is 0. The van der Waals surface area contributed by atoms with Crippen LogP contribution >= 0.6 is 11.8 Å². The van der Waals surface area contributed by atoms with E-state index in [1.165, 1.54) is 11.8 Å². The van der Waals surface area contributed by atoms with Gasteiger partial charge in [0.25, 0.3) is 5.91 Å². The molecule has 7 heteroatoms. The van der Waals surface area contributed by atoms with Gasteiger partial charge in [-0.15, -0.1) is 11.8 Å². The molecule has 0 bridgehead atoms. The number of hydrogen-bond acceptors (Lipinski definition) is 6. The van der Waals surface area contributed by atoms with E-state index in [1.54, 1.807) is 18.2 Å². The monoisotopic (exact) mass is 389 g/mol. The summed E-state index contributed by atoms with van der Waals surface area (Å²) in [4.78, 5) is 24.7. The van der Waals surface area contributed by atoms with Crippen molar-refractivity contribution in [1.82, 2.24) is 0 Å². The number of nitrogens with one attached hydrogen (secondary N) is 1. The second-order valence-electron chi connectivity index (χ2n) is 5.34. The van der Waals surface area contributed by atoms with Crippen LogP contribution in [0.5, 0.6) is 11.5 Å². The molecule has 0 aliphatic rings. The van der Waals surface area contributed by atoms with E-state index >= 15 is 0 Å². The van der Waals surface area contributed by atoms with E-state index in [4.69, 9.17) is 14.2 Å². The number of hydrogen-bond donors (Lipinski definition) is 1. The number of ether oxygens (including phenoxy) is 3. The highest BCUT2D eigenvalue weighted by molar-refractivity contribution is 8.00. The first-order valence-corrected chi connectivity index (χ1v) is 9.64. The zero-order valence-electron chi connectivity index (χ0n) is 15.4. The van der Waals surface area contributed by atoms with Gasteiger partial charge < -0.3 is 19.5 Å². The molecule has 0 radical (unpaired) electrons. The van der Waals surface area contributed by atoms with Gasteiger partial charge in [0.2, 0.25) is 0 Å². The third-order valence-corrected chi connectivity index (χ3v) is 4.28. The molecule has 144 valence electrons. The number of esters is 1. The molecule has 0 heterocycles. The standard InChI is InChI=1S/C20H23NO5S/c1-3-24-17-11-10-15(12-18(17)25-4-2)21-19(22)13-26-20(23)14-27-16-8-6-5-7-9-16/h5-12H,3-4,13-14H2,1-2H3,(H,21,22). The smallest absolute Gasteiger partial charge is 0.316 e. The van der Waals surface area contributed by atoms with Crippen molar-refractivity contribution in [1.29, 1.82) is 0 Å². The summed E-state index contributed by atoms with van der Waals surface area (Å²) in [5, 5.41) is 2.68. The number of thioether (sulfide) groups is 1. The van der Waals surface area contributed by atoms with Gasteiger partial charge in [0.15, 0.2) is 18.1 Å². The van der Waals surface area contributed by atoms with E-state index in [9.17, 15) is 9.59 Å². The van der Waals surface area contributed by atoms with Crippen molar-refractivity contribution in [2.24, 2.45) is 0 Å². The Morgan fingerprint density at radius 1 is 0.963 bits per heavy atom. The molecule has 2 aromatic carbocycles. The predicted molar refractivity (Wildman–Crippen MR) is 106 cm³/mol. The maximum Gasteiger partial charge on any atom is 0.316 e. The van der Waals surface area contributed by atoms with Gasteiger partial charge in [-0.25, -0.2) is 0 Å². The summed E-state index contributed by atoms with van der Waals surface area (Å²) in [6, 6.07) is 14.6. The van der Waals surface area contributed by atoms with E-state index < -0.39 is 11.9 Å². The minimum absolute atomic E-state index is 0.148. The fraction of sp³-hybridized carbons (Fsp3) is 0.300. The van der Waals surface area contributed by atoms with Crippen LogP contribution in [-0.4, -0.2) is 37.4 Å². The molecule has 0 aliphatic carbocycles. The summed E-state index contributed by atoms with van der Waals surface area (Å²) >= 11 is 1.36. The van der Waals surface area contributed by atoms with Gasteiger partial charge in [-0.1, -0.05) is 18.2 Å². The third-order valence-electron chi connectivity index (χ3n) is 3.29. The second-order valence-corrected chi connectivity index (χ2v) is 6.39. The maximum absolute atomic E-state index is 12.0. The van der Waals surface area contributed by atoms with Gasteiger partial charge in [-0.3, -0.25) is 9.59 Å². The average molecular weight is 389 g/mol. The van der Waals surface area contributed by atoms with Gasteiger partial charge in [0, 0.05) is 16.6 Å². The SMILES string of the molecule is CCOc1ccc(NC(=O)COC(=O)CSc2ccccc2)cc1OCC. The molecular formula is C20H23NO5S. The molecule has 6 nitrogen and oxygen atoms in total. The molecule has 0 saturated carbocycles. The Labute approximate surface area is 163 Å². The lowest BCUT2D eigenvalue weighted by molar-refractivity contribution is -0.144. The number of carbonyl (C=O) groups is 2. The Hall–Kier alpha value is -2.67. The quantitative estimate of drug-likeness (QED) is 0.493. The van der Waals surface area contributed by atoms with Crippen LogP contribution in [-0.2, 0) is 14.3 Å². The van der Waals surface area contributed by atoms with E-state index in [1.807, 2.05) is 44.2 Å². The van der Waals surface area contributed by atoms with Crippen molar-refractivity contribution in [3.8, 4) is 11.5 Å². The lowest BCUT2D eigenvalue weighted by Crippen LogP contribution is -2.21. The first kappa shape index (κ1) is 20.6. The molecule has 0 aliphatic heterocycles. The van der Waals surface area contributed by atoms with Crippen LogP contribution in [0.25, 0.3) is 0 Å². The Morgan fingerprint density at radius 2 is 1.67 bits per heavy atom. The Kier molecular flexibility index (Phi) is 8.51. The zero-order chi connectivity index (χ0) is 19.5. The van der Waals surface area contributed by atoms with E-state index in [2.05, 4.69) is 5.32 Å². The molecule has 1 amide bonds. The topological polar surface area (TPSA) is 73.9 Å². The summed E-state index contributed by atoms with van der Waals surface area (Å²) in [5.41, 5.74) is 0.543. The number of benzene rings is 2. The Morgan fingerprint density at radius 3 is 2.37 bits per heavy atom. The van der Waals surface area contributed by atoms with Crippen molar-refractivity contribution in [3.63, 3.8) is 0 Å². The van der Waals surface area contributed by atoms with Gasteiger partial charge in [0.1, 0.15) is 0 Å². The minimum Gasteiger partial charge on any atom is -0.490 e.